The minimum absolute atomic E-state index is 0.0759. The number of fused-ring (bicyclic) bond motifs is 1. The van der Waals surface area contributed by atoms with E-state index in [0.717, 1.165) is 18.2 Å². The first-order chi connectivity index (χ1) is 13.6. The van der Waals surface area contributed by atoms with Crippen molar-refractivity contribution in [2.45, 2.75) is 6.18 Å². The Morgan fingerprint density at radius 3 is 2.52 bits per heavy atom. The van der Waals surface area contributed by atoms with Gasteiger partial charge < -0.3 is 23.8 Å². The highest BCUT2D eigenvalue weighted by Gasteiger charge is 2.40. The second-order valence-electron chi connectivity index (χ2n) is 5.58. The average Bonchev–Trinajstić information content (AvgIpc) is 2.64. The second-order valence-corrected chi connectivity index (χ2v) is 6.43. The topological polar surface area (TPSA) is 88.8 Å². The van der Waals surface area contributed by atoms with E-state index in [1.54, 1.807) is 0 Å². The maximum absolute atomic E-state index is 13.5. The van der Waals surface area contributed by atoms with Crippen LogP contribution in [-0.4, -0.2) is 12.6 Å². The van der Waals surface area contributed by atoms with E-state index in [4.69, 9.17) is 37.1 Å². The van der Waals surface area contributed by atoms with E-state index in [1.165, 1.54) is 18.2 Å². The van der Waals surface area contributed by atoms with E-state index in [-0.39, 0.29) is 26.9 Å². The molecule has 3 rings (SSSR count). The number of rotatable bonds is 5. The fourth-order valence-electron chi connectivity index (χ4n) is 2.33. The van der Waals surface area contributed by atoms with Gasteiger partial charge >= 0.3 is 6.18 Å². The second kappa shape index (κ2) is 7.84. The van der Waals surface area contributed by atoms with E-state index < -0.39 is 41.3 Å². The van der Waals surface area contributed by atoms with Crippen LogP contribution in [0.3, 0.4) is 0 Å². The number of carbonyl (C=O) groups excluding carboxylic acids is 1. The lowest BCUT2D eigenvalue weighted by molar-refractivity contribution is -0.307. The molecular weight excluding hydrogens is 440 g/mol. The Hall–Kier alpha value is -2.91. The summed E-state index contributed by atoms with van der Waals surface area (Å²) in [5, 5.41) is 10.2. The van der Waals surface area contributed by atoms with Gasteiger partial charge in [0, 0.05) is 17.2 Å². The van der Waals surface area contributed by atoms with Crippen LogP contribution >= 0.6 is 23.2 Å². The largest absolute Gasteiger partial charge is 0.546 e. The molecule has 11 heteroatoms. The van der Waals surface area contributed by atoms with Crippen LogP contribution in [0.5, 0.6) is 17.2 Å². The van der Waals surface area contributed by atoms with E-state index in [9.17, 15) is 27.9 Å². The molecule has 1 aromatic heterocycles. The lowest BCUT2D eigenvalue weighted by atomic mass is 10.2. The standard InChI is InChI=1S/C18H9Cl2F3O6/c19-8-1-4-11(20)13(5-8)28-16-15(26)10-3-2-9(27-7-14(24)25)6-12(10)29-17(16)18(21,22)23/h1-6H,7H2,(H,24,25)/p-1. The maximum atomic E-state index is 13.5. The molecule has 0 aliphatic heterocycles. The van der Waals surface area contributed by atoms with Crippen LogP contribution < -0.4 is 20.0 Å². The predicted molar refractivity (Wildman–Crippen MR) is 94.5 cm³/mol. The van der Waals surface area contributed by atoms with Crippen LogP contribution in [-0.2, 0) is 11.0 Å². The number of hydrogen-bond acceptors (Lipinski definition) is 6. The van der Waals surface area contributed by atoms with Crippen molar-refractivity contribution < 1.29 is 37.0 Å². The highest BCUT2D eigenvalue weighted by atomic mass is 35.5. The van der Waals surface area contributed by atoms with Crippen LogP contribution in [0.4, 0.5) is 13.2 Å². The third-order valence-electron chi connectivity index (χ3n) is 3.54. The van der Waals surface area contributed by atoms with Crippen molar-refractivity contribution in [3.8, 4) is 17.2 Å². The van der Waals surface area contributed by atoms with Crippen LogP contribution in [0.25, 0.3) is 11.0 Å². The number of alkyl halides is 3. The molecule has 0 aliphatic carbocycles. The van der Waals surface area contributed by atoms with Crippen molar-refractivity contribution in [2.24, 2.45) is 0 Å². The lowest BCUT2D eigenvalue weighted by Gasteiger charge is -2.14. The van der Waals surface area contributed by atoms with Crippen LogP contribution in [0.2, 0.25) is 10.0 Å². The number of ether oxygens (including phenoxy) is 2. The first kappa shape index (κ1) is 20.8. The summed E-state index contributed by atoms with van der Waals surface area (Å²) in [7, 11) is 0. The molecule has 152 valence electrons. The molecule has 0 amide bonds. The van der Waals surface area contributed by atoms with E-state index in [1.807, 2.05) is 0 Å². The monoisotopic (exact) mass is 447 g/mol. The van der Waals surface area contributed by atoms with Crippen molar-refractivity contribution in [3.05, 3.63) is 62.4 Å². The Bertz CT molecular complexity index is 1160. The number of carboxylic acid groups (broad SMARTS) is 1. The van der Waals surface area contributed by atoms with Gasteiger partial charge in [0.05, 0.1) is 16.4 Å². The summed E-state index contributed by atoms with van der Waals surface area (Å²) in [4.78, 5) is 23.1. The normalized spacial score (nSPS) is 11.5. The summed E-state index contributed by atoms with van der Waals surface area (Å²) in [6.07, 6.45) is -5.09. The lowest BCUT2D eigenvalue weighted by Crippen LogP contribution is -2.28. The van der Waals surface area contributed by atoms with Crippen LogP contribution in [0.1, 0.15) is 5.76 Å². The van der Waals surface area contributed by atoms with Crippen molar-refractivity contribution in [1.82, 2.24) is 0 Å². The first-order valence-electron chi connectivity index (χ1n) is 7.70. The Labute approximate surface area is 170 Å². The average molecular weight is 448 g/mol. The molecule has 1 heterocycles. The molecule has 0 N–H and O–H groups in total. The third kappa shape index (κ3) is 4.57. The molecule has 0 atom stereocenters. The van der Waals surface area contributed by atoms with Gasteiger partial charge in [-0.3, -0.25) is 4.79 Å². The zero-order chi connectivity index (χ0) is 21.3. The van der Waals surface area contributed by atoms with Gasteiger partial charge in [-0.2, -0.15) is 13.2 Å². The molecule has 0 spiro atoms. The van der Waals surface area contributed by atoms with Gasteiger partial charge in [0.2, 0.25) is 11.2 Å². The fourth-order valence-corrected chi connectivity index (χ4v) is 2.65. The van der Waals surface area contributed by atoms with Crippen molar-refractivity contribution in [3.63, 3.8) is 0 Å². The summed E-state index contributed by atoms with van der Waals surface area (Å²) in [5.74, 6) is -4.78. The minimum Gasteiger partial charge on any atom is -0.546 e. The Morgan fingerprint density at radius 2 is 1.86 bits per heavy atom. The molecule has 0 unspecified atom stereocenters. The van der Waals surface area contributed by atoms with Gasteiger partial charge in [0.15, 0.2) is 0 Å². The molecule has 29 heavy (non-hydrogen) atoms. The summed E-state index contributed by atoms with van der Waals surface area (Å²) in [5.41, 5.74) is -1.61. The van der Waals surface area contributed by atoms with E-state index >= 15 is 0 Å². The molecule has 0 fully saturated rings. The van der Waals surface area contributed by atoms with Crippen LogP contribution in [0, 0.1) is 0 Å². The predicted octanol–water partition coefficient (Wildman–Crippen LogP) is 4.04. The number of benzene rings is 2. The van der Waals surface area contributed by atoms with Gasteiger partial charge in [-0.15, -0.1) is 0 Å². The Morgan fingerprint density at radius 1 is 1.14 bits per heavy atom. The Kier molecular flexibility index (Phi) is 5.63. The summed E-state index contributed by atoms with van der Waals surface area (Å²) < 4.78 is 55.3. The minimum atomic E-state index is -5.09. The highest BCUT2D eigenvalue weighted by molar-refractivity contribution is 6.34. The quantitative estimate of drug-likeness (QED) is 0.586. The molecular formula is C18H8Cl2F3O6-. The van der Waals surface area contributed by atoms with E-state index in [2.05, 4.69) is 0 Å². The first-order valence-corrected chi connectivity index (χ1v) is 8.45. The van der Waals surface area contributed by atoms with Gasteiger partial charge in [-0.1, -0.05) is 23.2 Å². The molecule has 2 aromatic carbocycles. The van der Waals surface area contributed by atoms with Gasteiger partial charge in [0.1, 0.15) is 23.7 Å². The summed E-state index contributed by atoms with van der Waals surface area (Å²) in [6.45, 7) is -0.837. The smallest absolute Gasteiger partial charge is 0.453 e. The third-order valence-corrected chi connectivity index (χ3v) is 4.09. The summed E-state index contributed by atoms with van der Waals surface area (Å²) in [6, 6.07) is 7.06. The molecule has 0 saturated heterocycles. The van der Waals surface area contributed by atoms with Crippen molar-refractivity contribution in [1.29, 1.82) is 0 Å². The van der Waals surface area contributed by atoms with Crippen molar-refractivity contribution >= 4 is 40.1 Å². The Balaban J connectivity index is 2.17. The zero-order valence-electron chi connectivity index (χ0n) is 14.0. The highest BCUT2D eigenvalue weighted by Crippen LogP contribution is 2.40. The summed E-state index contributed by atoms with van der Waals surface area (Å²) >= 11 is 11.7. The molecule has 0 aliphatic rings. The van der Waals surface area contributed by atoms with Gasteiger partial charge in [-0.25, -0.2) is 0 Å². The molecule has 0 saturated carbocycles. The number of carbonyl (C=O) groups is 1. The van der Waals surface area contributed by atoms with E-state index in [0.29, 0.717) is 0 Å². The molecule has 3 aromatic rings. The fraction of sp³-hybridized carbons (Fsp3) is 0.111. The van der Waals surface area contributed by atoms with Crippen molar-refractivity contribution in [2.75, 3.05) is 6.61 Å². The number of aliphatic carboxylic acids is 1. The zero-order valence-corrected chi connectivity index (χ0v) is 15.5. The number of halogens is 5. The SMILES string of the molecule is O=C([O-])COc1ccc2c(=O)c(Oc3cc(Cl)ccc3Cl)c(C(F)(F)F)oc2c1. The van der Waals surface area contributed by atoms with Crippen LogP contribution in [0.15, 0.2) is 45.6 Å². The van der Waals surface area contributed by atoms with Gasteiger partial charge in [-0.05, 0) is 24.3 Å². The number of carboxylic acids is 1. The molecule has 0 bridgehead atoms. The number of hydrogen-bond donors (Lipinski definition) is 0. The molecule has 6 nitrogen and oxygen atoms in total. The maximum Gasteiger partial charge on any atom is 0.453 e. The van der Waals surface area contributed by atoms with Gasteiger partial charge in [0.25, 0.3) is 5.76 Å². The molecule has 0 radical (unpaired) electrons.